The first-order chi connectivity index (χ1) is 8.99. The van der Waals surface area contributed by atoms with Crippen molar-refractivity contribution < 1.29 is 4.79 Å². The zero-order valence-corrected chi connectivity index (χ0v) is 12.6. The summed E-state index contributed by atoms with van der Waals surface area (Å²) < 4.78 is 0. The van der Waals surface area contributed by atoms with Crippen LogP contribution in [0, 0.1) is 20.8 Å². The number of carbonyl (C=O) groups excluding carboxylic acids is 1. The van der Waals surface area contributed by atoms with Gasteiger partial charge in [0.1, 0.15) is 0 Å². The average molecular weight is 273 g/mol. The van der Waals surface area contributed by atoms with Crippen molar-refractivity contribution in [3.63, 3.8) is 0 Å². The van der Waals surface area contributed by atoms with Gasteiger partial charge in [-0.25, -0.2) is 0 Å². The molecule has 3 heteroatoms. The fraction of sp³-hybridized carbons (Fsp3) is 0.312. The highest BCUT2D eigenvalue weighted by molar-refractivity contribution is 7.12. The van der Waals surface area contributed by atoms with Crippen molar-refractivity contribution in [1.29, 1.82) is 0 Å². The predicted octanol–water partition coefficient (Wildman–Crippen LogP) is 4.16. The third-order valence-electron chi connectivity index (χ3n) is 3.44. The molecule has 1 atom stereocenters. The van der Waals surface area contributed by atoms with Gasteiger partial charge in [-0.15, -0.1) is 11.3 Å². The van der Waals surface area contributed by atoms with E-state index in [2.05, 4.69) is 38.2 Å². The molecule has 0 aliphatic heterocycles. The zero-order valence-electron chi connectivity index (χ0n) is 11.8. The molecular formula is C16H19NOS. The van der Waals surface area contributed by atoms with Crippen LogP contribution in [0.1, 0.15) is 44.9 Å². The highest BCUT2D eigenvalue weighted by atomic mass is 32.1. The summed E-state index contributed by atoms with van der Waals surface area (Å²) >= 11 is 1.47. The topological polar surface area (TPSA) is 29.1 Å². The Kier molecular flexibility index (Phi) is 4.05. The van der Waals surface area contributed by atoms with Crippen LogP contribution in [-0.2, 0) is 0 Å². The summed E-state index contributed by atoms with van der Waals surface area (Å²) in [7, 11) is 0. The van der Waals surface area contributed by atoms with Gasteiger partial charge in [0.25, 0.3) is 5.91 Å². The van der Waals surface area contributed by atoms with E-state index >= 15 is 0 Å². The van der Waals surface area contributed by atoms with Crippen molar-refractivity contribution in [1.82, 2.24) is 5.32 Å². The van der Waals surface area contributed by atoms with Gasteiger partial charge < -0.3 is 5.32 Å². The molecule has 0 aliphatic rings. The van der Waals surface area contributed by atoms with Gasteiger partial charge in [0.05, 0.1) is 10.9 Å². The molecule has 0 saturated carbocycles. The Bertz CT molecular complexity index is 587. The molecule has 0 saturated heterocycles. The van der Waals surface area contributed by atoms with E-state index in [9.17, 15) is 4.79 Å². The van der Waals surface area contributed by atoms with Crippen LogP contribution in [0.2, 0.25) is 0 Å². The Morgan fingerprint density at radius 2 is 1.84 bits per heavy atom. The normalized spacial score (nSPS) is 12.2. The van der Waals surface area contributed by atoms with Gasteiger partial charge in [-0.2, -0.15) is 0 Å². The molecule has 19 heavy (non-hydrogen) atoms. The fourth-order valence-corrected chi connectivity index (χ4v) is 2.83. The van der Waals surface area contributed by atoms with E-state index < -0.39 is 0 Å². The predicted molar refractivity (Wildman–Crippen MR) is 80.9 cm³/mol. The summed E-state index contributed by atoms with van der Waals surface area (Å²) in [5.41, 5.74) is 4.96. The average Bonchev–Trinajstić information content (AvgIpc) is 2.87. The van der Waals surface area contributed by atoms with Gasteiger partial charge in [-0.05, 0) is 61.4 Å². The quantitative estimate of drug-likeness (QED) is 0.893. The second-order valence-corrected chi connectivity index (χ2v) is 5.91. The van der Waals surface area contributed by atoms with Gasteiger partial charge in [0, 0.05) is 0 Å². The van der Waals surface area contributed by atoms with Crippen LogP contribution in [0.4, 0.5) is 0 Å². The molecule has 0 unspecified atom stereocenters. The highest BCUT2D eigenvalue weighted by Gasteiger charge is 2.14. The van der Waals surface area contributed by atoms with Gasteiger partial charge >= 0.3 is 0 Å². The van der Waals surface area contributed by atoms with E-state index in [0.717, 1.165) is 4.88 Å². The zero-order chi connectivity index (χ0) is 14.0. The Balaban J connectivity index is 2.18. The molecule has 2 nitrogen and oxygen atoms in total. The van der Waals surface area contributed by atoms with Crippen LogP contribution in [0.25, 0.3) is 0 Å². The second-order valence-electron chi connectivity index (χ2n) is 4.97. The van der Waals surface area contributed by atoms with Crippen LogP contribution in [0.5, 0.6) is 0 Å². The monoisotopic (exact) mass is 273 g/mol. The number of benzene rings is 1. The number of nitrogens with one attached hydrogen (secondary N) is 1. The lowest BCUT2D eigenvalue weighted by Gasteiger charge is -2.18. The Morgan fingerprint density at radius 3 is 2.47 bits per heavy atom. The number of amides is 1. The Labute approximate surface area is 118 Å². The number of carbonyl (C=O) groups is 1. The van der Waals surface area contributed by atoms with Gasteiger partial charge in [-0.3, -0.25) is 4.79 Å². The lowest BCUT2D eigenvalue weighted by Crippen LogP contribution is -2.26. The lowest BCUT2D eigenvalue weighted by molar-refractivity contribution is 0.0944. The number of rotatable bonds is 3. The first kappa shape index (κ1) is 13.8. The van der Waals surface area contributed by atoms with Crippen LogP contribution in [0.3, 0.4) is 0 Å². The van der Waals surface area contributed by atoms with E-state index in [1.165, 1.54) is 33.6 Å². The number of hydrogen-bond acceptors (Lipinski definition) is 2. The molecule has 1 amide bonds. The third kappa shape index (κ3) is 3.04. The van der Waals surface area contributed by atoms with E-state index in [4.69, 9.17) is 0 Å². The van der Waals surface area contributed by atoms with Gasteiger partial charge in [-0.1, -0.05) is 18.2 Å². The molecule has 0 radical (unpaired) electrons. The first-order valence-electron chi connectivity index (χ1n) is 6.41. The van der Waals surface area contributed by atoms with Crippen LogP contribution >= 0.6 is 11.3 Å². The summed E-state index contributed by atoms with van der Waals surface area (Å²) in [6.07, 6.45) is 0. The molecule has 0 spiro atoms. The molecule has 0 fully saturated rings. The third-order valence-corrected chi connectivity index (χ3v) is 4.31. The largest absolute Gasteiger partial charge is 0.345 e. The van der Waals surface area contributed by atoms with Crippen molar-refractivity contribution in [2.75, 3.05) is 0 Å². The molecule has 1 N–H and O–H groups in total. The molecule has 0 aliphatic carbocycles. The minimum absolute atomic E-state index is 0.000119. The van der Waals surface area contributed by atoms with Crippen LogP contribution < -0.4 is 5.32 Å². The van der Waals surface area contributed by atoms with Crippen LogP contribution in [-0.4, -0.2) is 5.91 Å². The van der Waals surface area contributed by atoms with Crippen molar-refractivity contribution in [2.45, 2.75) is 33.7 Å². The van der Waals surface area contributed by atoms with Crippen LogP contribution in [0.15, 0.2) is 29.6 Å². The maximum Gasteiger partial charge on any atom is 0.261 e. The summed E-state index contributed by atoms with van der Waals surface area (Å²) in [6.45, 7) is 8.34. The minimum atomic E-state index is 0.000119. The summed E-state index contributed by atoms with van der Waals surface area (Å²) in [5, 5.41) is 4.98. The minimum Gasteiger partial charge on any atom is -0.345 e. The van der Waals surface area contributed by atoms with E-state index in [-0.39, 0.29) is 11.9 Å². The SMILES string of the molecule is Cc1cc(C)c([C@@H](C)NC(=O)c2cccs2)cc1C. The molecule has 2 rings (SSSR count). The van der Waals surface area contributed by atoms with Crippen molar-refractivity contribution in [3.8, 4) is 0 Å². The van der Waals surface area contributed by atoms with E-state index in [1.807, 2.05) is 24.4 Å². The number of aryl methyl sites for hydroxylation is 3. The highest BCUT2D eigenvalue weighted by Crippen LogP contribution is 2.22. The molecule has 1 aromatic heterocycles. The Morgan fingerprint density at radius 1 is 1.16 bits per heavy atom. The number of thiophene rings is 1. The summed E-state index contributed by atoms with van der Waals surface area (Å²) in [6, 6.07) is 8.11. The molecule has 100 valence electrons. The van der Waals surface area contributed by atoms with Crippen molar-refractivity contribution >= 4 is 17.2 Å². The maximum atomic E-state index is 12.1. The first-order valence-corrected chi connectivity index (χ1v) is 7.29. The second kappa shape index (κ2) is 5.57. The van der Waals surface area contributed by atoms with Gasteiger partial charge in [0.15, 0.2) is 0 Å². The maximum absolute atomic E-state index is 12.1. The van der Waals surface area contributed by atoms with Crippen molar-refractivity contribution in [3.05, 3.63) is 56.8 Å². The van der Waals surface area contributed by atoms with Gasteiger partial charge in [0.2, 0.25) is 0 Å². The number of hydrogen-bond donors (Lipinski definition) is 1. The summed E-state index contributed by atoms with van der Waals surface area (Å²) in [5.74, 6) is 0.000119. The standard InChI is InChI=1S/C16H19NOS/c1-10-8-12(3)14(9-11(10)2)13(4)17-16(18)15-6-5-7-19-15/h5-9,13H,1-4H3,(H,17,18)/t13-/m1/s1. The van der Waals surface area contributed by atoms with Crippen molar-refractivity contribution in [2.24, 2.45) is 0 Å². The molecule has 0 bridgehead atoms. The van der Waals surface area contributed by atoms with E-state index in [0.29, 0.717) is 0 Å². The molecular weight excluding hydrogens is 254 g/mol. The smallest absolute Gasteiger partial charge is 0.261 e. The Hall–Kier alpha value is -1.61. The lowest BCUT2D eigenvalue weighted by atomic mass is 9.96. The fourth-order valence-electron chi connectivity index (χ4n) is 2.20. The molecule has 1 aromatic carbocycles. The summed E-state index contributed by atoms with van der Waals surface area (Å²) in [4.78, 5) is 12.8. The molecule has 2 aromatic rings. The molecule has 1 heterocycles. The van der Waals surface area contributed by atoms with E-state index in [1.54, 1.807) is 0 Å².